The molecule has 7 heteroatoms. The van der Waals surface area contributed by atoms with Gasteiger partial charge in [-0.05, 0) is 49.4 Å². The van der Waals surface area contributed by atoms with Gasteiger partial charge in [0, 0.05) is 25.7 Å². The van der Waals surface area contributed by atoms with E-state index in [1.54, 1.807) is 27.5 Å². The summed E-state index contributed by atoms with van der Waals surface area (Å²) in [6, 6.07) is 7.48. The first-order chi connectivity index (χ1) is 14.2. The van der Waals surface area contributed by atoms with Crippen molar-refractivity contribution in [2.24, 2.45) is 0 Å². The van der Waals surface area contributed by atoms with Gasteiger partial charge in [-0.15, -0.1) is 0 Å². The second-order valence-electron chi connectivity index (χ2n) is 6.96. The quantitative estimate of drug-likeness (QED) is 0.730. The first-order valence-electron chi connectivity index (χ1n) is 9.95. The van der Waals surface area contributed by atoms with Crippen molar-refractivity contribution in [2.75, 3.05) is 44.6 Å². The summed E-state index contributed by atoms with van der Waals surface area (Å²) in [4.78, 5) is 19.4. The number of benzene rings is 1. The summed E-state index contributed by atoms with van der Waals surface area (Å²) in [6.07, 6.45) is 6.17. The minimum Gasteiger partial charge on any atom is -0.493 e. The average molecular weight is 399 g/mol. The van der Waals surface area contributed by atoms with E-state index < -0.39 is 0 Å². The molecule has 1 saturated heterocycles. The van der Waals surface area contributed by atoms with Gasteiger partial charge in [-0.25, -0.2) is 4.98 Å². The van der Waals surface area contributed by atoms with Crippen molar-refractivity contribution in [1.29, 1.82) is 0 Å². The number of methoxy groups -OCH3 is 3. The van der Waals surface area contributed by atoms with Gasteiger partial charge in [-0.1, -0.05) is 6.07 Å². The van der Waals surface area contributed by atoms with Crippen molar-refractivity contribution in [2.45, 2.75) is 32.1 Å². The van der Waals surface area contributed by atoms with Gasteiger partial charge in [0.15, 0.2) is 17.3 Å². The number of carbonyl (C=O) groups is 1. The van der Waals surface area contributed by atoms with Gasteiger partial charge in [0.05, 0.1) is 27.0 Å². The van der Waals surface area contributed by atoms with Gasteiger partial charge in [0.2, 0.25) is 11.7 Å². The number of nitrogens with one attached hydrogen (secondary N) is 1. The maximum atomic E-state index is 12.6. The Morgan fingerprint density at radius 2 is 1.79 bits per heavy atom. The lowest BCUT2D eigenvalue weighted by molar-refractivity contribution is -0.116. The zero-order valence-electron chi connectivity index (χ0n) is 17.4. The first-order valence-corrected chi connectivity index (χ1v) is 9.95. The number of nitrogens with zero attached hydrogens (tertiary/aromatic N) is 2. The number of anilines is 2. The lowest BCUT2D eigenvalue weighted by Crippen LogP contribution is -2.31. The third-order valence-electron chi connectivity index (χ3n) is 5.12. The number of carbonyl (C=O) groups excluding carboxylic acids is 1. The molecular weight excluding hydrogens is 370 g/mol. The van der Waals surface area contributed by atoms with Gasteiger partial charge in [0.25, 0.3) is 0 Å². The Morgan fingerprint density at radius 1 is 1.03 bits per heavy atom. The number of ether oxygens (including phenoxy) is 3. The molecule has 0 radical (unpaired) electrons. The standard InChI is InChI=1S/C22H29N3O4/c1-27-18-11-9-16(20(28-2)21(18)29-3)10-12-19(26)24-17-8-7-13-23-22(17)25-14-5-4-6-15-25/h7-9,11,13H,4-6,10,12,14-15H2,1-3H3,(H,24,26). The number of hydrogen-bond acceptors (Lipinski definition) is 6. The molecule has 1 aromatic carbocycles. The van der Waals surface area contributed by atoms with Crippen LogP contribution in [0.3, 0.4) is 0 Å². The molecule has 1 fully saturated rings. The first kappa shape index (κ1) is 20.8. The van der Waals surface area contributed by atoms with E-state index in [0.717, 1.165) is 43.0 Å². The number of amides is 1. The highest BCUT2D eigenvalue weighted by molar-refractivity contribution is 5.93. The minimum absolute atomic E-state index is 0.0619. The van der Waals surface area contributed by atoms with Crippen molar-refractivity contribution in [1.82, 2.24) is 4.98 Å². The summed E-state index contributed by atoms with van der Waals surface area (Å²) >= 11 is 0. The van der Waals surface area contributed by atoms with Crippen LogP contribution in [-0.4, -0.2) is 45.3 Å². The summed E-state index contributed by atoms with van der Waals surface area (Å²) < 4.78 is 16.2. The highest BCUT2D eigenvalue weighted by Gasteiger charge is 2.19. The topological polar surface area (TPSA) is 72.9 Å². The molecule has 1 aliphatic rings. The fourth-order valence-electron chi connectivity index (χ4n) is 3.67. The Hall–Kier alpha value is -2.96. The normalized spacial score (nSPS) is 13.7. The van der Waals surface area contributed by atoms with E-state index in [2.05, 4.69) is 15.2 Å². The second kappa shape index (κ2) is 10.0. The maximum absolute atomic E-state index is 12.6. The fourth-order valence-corrected chi connectivity index (χ4v) is 3.67. The molecule has 2 heterocycles. The van der Waals surface area contributed by atoms with Gasteiger partial charge in [-0.3, -0.25) is 4.79 Å². The third-order valence-corrected chi connectivity index (χ3v) is 5.12. The fraction of sp³-hybridized carbons (Fsp3) is 0.455. The van der Waals surface area contributed by atoms with E-state index in [4.69, 9.17) is 14.2 Å². The smallest absolute Gasteiger partial charge is 0.224 e. The van der Waals surface area contributed by atoms with Crippen molar-refractivity contribution in [3.8, 4) is 17.2 Å². The zero-order valence-corrected chi connectivity index (χ0v) is 17.4. The van der Waals surface area contributed by atoms with Crippen LogP contribution in [0.15, 0.2) is 30.5 Å². The number of rotatable bonds is 8. The van der Waals surface area contributed by atoms with Crippen LogP contribution >= 0.6 is 0 Å². The van der Waals surface area contributed by atoms with E-state index in [1.807, 2.05) is 24.3 Å². The van der Waals surface area contributed by atoms with Gasteiger partial charge in [-0.2, -0.15) is 0 Å². The van der Waals surface area contributed by atoms with Crippen molar-refractivity contribution < 1.29 is 19.0 Å². The van der Waals surface area contributed by atoms with E-state index >= 15 is 0 Å². The molecule has 0 saturated carbocycles. The molecule has 156 valence electrons. The highest BCUT2D eigenvalue weighted by Crippen LogP contribution is 2.40. The Morgan fingerprint density at radius 3 is 2.48 bits per heavy atom. The van der Waals surface area contributed by atoms with Crippen LogP contribution in [-0.2, 0) is 11.2 Å². The Bertz CT molecular complexity index is 835. The van der Waals surface area contributed by atoms with E-state index in [0.29, 0.717) is 30.1 Å². The van der Waals surface area contributed by atoms with Gasteiger partial charge >= 0.3 is 0 Å². The van der Waals surface area contributed by atoms with Crippen molar-refractivity contribution in [3.63, 3.8) is 0 Å². The van der Waals surface area contributed by atoms with Crippen LogP contribution in [0, 0.1) is 0 Å². The molecule has 2 aromatic rings. The Labute approximate surface area is 172 Å². The molecule has 0 aliphatic carbocycles. The van der Waals surface area contributed by atoms with E-state index in [9.17, 15) is 4.79 Å². The predicted molar refractivity (Wildman–Crippen MR) is 113 cm³/mol. The number of piperidine rings is 1. The summed E-state index contributed by atoms with van der Waals surface area (Å²) in [6.45, 7) is 1.95. The van der Waals surface area contributed by atoms with Crippen molar-refractivity contribution in [3.05, 3.63) is 36.0 Å². The molecular formula is C22H29N3O4. The molecule has 1 amide bonds. The molecule has 1 N–H and O–H groups in total. The molecule has 3 rings (SSSR count). The number of hydrogen-bond donors (Lipinski definition) is 1. The zero-order chi connectivity index (χ0) is 20.6. The SMILES string of the molecule is COc1ccc(CCC(=O)Nc2cccnc2N2CCCCC2)c(OC)c1OC. The van der Waals surface area contributed by atoms with Crippen LogP contribution in [0.2, 0.25) is 0 Å². The van der Waals surface area contributed by atoms with E-state index in [1.165, 1.54) is 6.42 Å². The lowest BCUT2D eigenvalue weighted by atomic mass is 10.1. The summed E-state index contributed by atoms with van der Waals surface area (Å²) in [7, 11) is 4.74. The third kappa shape index (κ3) is 4.91. The molecule has 1 aliphatic heterocycles. The Balaban J connectivity index is 1.68. The maximum Gasteiger partial charge on any atom is 0.224 e. The monoisotopic (exact) mass is 399 g/mol. The van der Waals surface area contributed by atoms with Crippen LogP contribution in [0.1, 0.15) is 31.2 Å². The van der Waals surface area contributed by atoms with Crippen LogP contribution in [0.25, 0.3) is 0 Å². The predicted octanol–water partition coefficient (Wildman–Crippen LogP) is 3.67. The van der Waals surface area contributed by atoms with Gasteiger partial charge < -0.3 is 24.4 Å². The van der Waals surface area contributed by atoms with E-state index in [-0.39, 0.29) is 5.91 Å². The van der Waals surface area contributed by atoms with Crippen molar-refractivity contribution >= 4 is 17.4 Å². The largest absolute Gasteiger partial charge is 0.493 e. The number of aromatic nitrogens is 1. The second-order valence-corrected chi connectivity index (χ2v) is 6.96. The Kier molecular flexibility index (Phi) is 7.16. The van der Waals surface area contributed by atoms with Crippen LogP contribution in [0.4, 0.5) is 11.5 Å². The minimum atomic E-state index is -0.0619. The summed E-state index contributed by atoms with van der Waals surface area (Å²) in [5.74, 6) is 2.51. The molecule has 0 spiro atoms. The molecule has 0 atom stereocenters. The molecule has 7 nitrogen and oxygen atoms in total. The summed E-state index contributed by atoms with van der Waals surface area (Å²) in [5, 5.41) is 3.03. The molecule has 1 aromatic heterocycles. The number of aryl methyl sites for hydroxylation is 1. The highest BCUT2D eigenvalue weighted by atomic mass is 16.5. The average Bonchev–Trinajstić information content (AvgIpc) is 2.77. The lowest BCUT2D eigenvalue weighted by Gasteiger charge is -2.29. The number of pyridine rings is 1. The van der Waals surface area contributed by atoms with Gasteiger partial charge in [0.1, 0.15) is 0 Å². The summed E-state index contributed by atoms with van der Waals surface area (Å²) in [5.41, 5.74) is 1.65. The van der Waals surface area contributed by atoms with Crippen LogP contribution in [0.5, 0.6) is 17.2 Å². The molecule has 29 heavy (non-hydrogen) atoms. The molecule has 0 unspecified atom stereocenters. The van der Waals surface area contributed by atoms with Crippen LogP contribution < -0.4 is 24.4 Å². The molecule has 0 bridgehead atoms.